The van der Waals surface area contributed by atoms with Gasteiger partial charge in [-0.05, 0) is 17.2 Å². The van der Waals surface area contributed by atoms with Crippen molar-refractivity contribution in [2.75, 3.05) is 6.54 Å². The molecule has 0 saturated heterocycles. The van der Waals surface area contributed by atoms with E-state index in [-0.39, 0.29) is 17.7 Å². The molecule has 0 saturated carbocycles. The van der Waals surface area contributed by atoms with E-state index >= 15 is 0 Å². The highest BCUT2D eigenvalue weighted by Gasteiger charge is 2.30. The first-order chi connectivity index (χ1) is 14.7. The summed E-state index contributed by atoms with van der Waals surface area (Å²) in [6, 6.07) is 22.7. The van der Waals surface area contributed by atoms with Gasteiger partial charge in [-0.25, -0.2) is 4.98 Å². The number of carbonyl (C=O) groups is 2. The summed E-state index contributed by atoms with van der Waals surface area (Å²) in [4.78, 5) is 30.1. The van der Waals surface area contributed by atoms with E-state index in [4.69, 9.17) is 0 Å². The van der Waals surface area contributed by atoms with Gasteiger partial charge in [0.2, 0.25) is 0 Å². The van der Waals surface area contributed by atoms with Crippen LogP contribution in [0.15, 0.2) is 91.5 Å². The first-order valence-electron chi connectivity index (χ1n) is 9.82. The number of carbonyl (C=O) groups excluding carboxylic acids is 2. The monoisotopic (exact) mass is 393 g/mol. The number of aromatic nitrogens is 2. The minimum absolute atomic E-state index is 0.0316. The van der Waals surface area contributed by atoms with Gasteiger partial charge in [-0.1, -0.05) is 66.7 Å². The molecule has 0 spiro atoms. The van der Waals surface area contributed by atoms with Crippen LogP contribution >= 0.6 is 0 Å². The Hall–Kier alpha value is -3.99. The summed E-state index contributed by atoms with van der Waals surface area (Å²) in [6.45, 7) is 0.401. The quantitative estimate of drug-likeness (QED) is 0.489. The molecule has 4 aromatic rings. The molecule has 0 radical (unpaired) electrons. The van der Waals surface area contributed by atoms with E-state index in [1.54, 1.807) is 30.7 Å². The van der Waals surface area contributed by atoms with Crippen LogP contribution in [0.25, 0.3) is 11.1 Å². The average molecular weight is 393 g/mol. The zero-order valence-corrected chi connectivity index (χ0v) is 16.2. The number of hydrogen-bond donors (Lipinski definition) is 1. The molecule has 0 fully saturated rings. The van der Waals surface area contributed by atoms with Crippen LogP contribution in [-0.2, 0) is 0 Å². The van der Waals surface area contributed by atoms with Crippen molar-refractivity contribution in [3.05, 3.63) is 114 Å². The second-order valence-electron chi connectivity index (χ2n) is 7.25. The zero-order valence-electron chi connectivity index (χ0n) is 16.2. The Balaban J connectivity index is 1.46. The fourth-order valence-electron chi connectivity index (χ4n) is 4.07. The molecule has 1 atom stereocenters. The fraction of sp³-hybridized carbons (Fsp3) is 0.0800. The third kappa shape index (κ3) is 3.01. The molecule has 1 aliphatic rings. The van der Waals surface area contributed by atoms with E-state index in [9.17, 15) is 9.59 Å². The normalized spacial score (nSPS) is 12.9. The van der Waals surface area contributed by atoms with Crippen LogP contribution in [0.5, 0.6) is 0 Å². The predicted molar refractivity (Wildman–Crippen MR) is 114 cm³/mol. The van der Waals surface area contributed by atoms with Gasteiger partial charge in [0.25, 0.3) is 5.91 Å². The standard InChI is InChI=1S/C25H19N3O2/c29-24-19-10-5-4-9-18(19)23-20(24)11-6-12-21(23)25(30)27-15-22(28-14-13-26-16-28)17-7-2-1-3-8-17/h1-14,16,22H,15H2,(H,27,30). The largest absolute Gasteiger partial charge is 0.350 e. The summed E-state index contributed by atoms with van der Waals surface area (Å²) in [5, 5.41) is 3.06. The Morgan fingerprint density at radius 2 is 1.63 bits per heavy atom. The molecule has 5 heteroatoms. The number of rotatable bonds is 5. The second-order valence-corrected chi connectivity index (χ2v) is 7.25. The molecule has 1 aliphatic carbocycles. The van der Waals surface area contributed by atoms with Crippen molar-refractivity contribution in [3.8, 4) is 11.1 Å². The number of fused-ring (bicyclic) bond motifs is 3. The Labute approximate surface area is 174 Å². The number of benzene rings is 3. The third-order valence-electron chi connectivity index (χ3n) is 5.52. The highest BCUT2D eigenvalue weighted by Crippen LogP contribution is 2.38. The summed E-state index contributed by atoms with van der Waals surface area (Å²) >= 11 is 0. The van der Waals surface area contributed by atoms with Gasteiger partial charge in [-0.15, -0.1) is 0 Å². The van der Waals surface area contributed by atoms with E-state index in [0.29, 0.717) is 23.2 Å². The van der Waals surface area contributed by atoms with Gasteiger partial charge in [0.15, 0.2) is 5.78 Å². The molecule has 1 aromatic heterocycles. The van der Waals surface area contributed by atoms with Gasteiger partial charge in [0.05, 0.1) is 12.4 Å². The van der Waals surface area contributed by atoms with E-state index in [0.717, 1.165) is 16.7 Å². The van der Waals surface area contributed by atoms with Gasteiger partial charge in [0.1, 0.15) is 0 Å². The third-order valence-corrected chi connectivity index (χ3v) is 5.52. The van der Waals surface area contributed by atoms with Gasteiger partial charge in [0, 0.05) is 41.2 Å². The van der Waals surface area contributed by atoms with E-state index in [1.165, 1.54) is 0 Å². The Morgan fingerprint density at radius 1 is 0.900 bits per heavy atom. The smallest absolute Gasteiger partial charge is 0.252 e. The molecule has 1 N–H and O–H groups in total. The predicted octanol–water partition coefficient (Wildman–Crippen LogP) is 4.11. The molecular weight excluding hydrogens is 374 g/mol. The topological polar surface area (TPSA) is 64.0 Å². The van der Waals surface area contributed by atoms with E-state index < -0.39 is 0 Å². The molecule has 0 bridgehead atoms. The lowest BCUT2D eigenvalue weighted by Crippen LogP contribution is -2.31. The van der Waals surface area contributed by atoms with Crippen LogP contribution in [0.4, 0.5) is 0 Å². The van der Waals surface area contributed by atoms with Crippen molar-refractivity contribution in [3.63, 3.8) is 0 Å². The van der Waals surface area contributed by atoms with Crippen LogP contribution in [-0.4, -0.2) is 27.8 Å². The van der Waals surface area contributed by atoms with Gasteiger partial charge in [-0.3, -0.25) is 9.59 Å². The number of amides is 1. The molecule has 1 amide bonds. The van der Waals surface area contributed by atoms with Gasteiger partial charge in [-0.2, -0.15) is 0 Å². The Kier molecular flexibility index (Phi) is 4.48. The van der Waals surface area contributed by atoms with E-state index in [1.807, 2.05) is 65.4 Å². The van der Waals surface area contributed by atoms with Crippen LogP contribution in [0, 0.1) is 0 Å². The maximum Gasteiger partial charge on any atom is 0.252 e. The van der Waals surface area contributed by atoms with Gasteiger partial charge < -0.3 is 9.88 Å². The van der Waals surface area contributed by atoms with Crippen molar-refractivity contribution in [1.82, 2.24) is 14.9 Å². The van der Waals surface area contributed by atoms with Crippen molar-refractivity contribution in [2.45, 2.75) is 6.04 Å². The Morgan fingerprint density at radius 3 is 2.40 bits per heavy atom. The highest BCUT2D eigenvalue weighted by atomic mass is 16.1. The van der Waals surface area contributed by atoms with Crippen LogP contribution < -0.4 is 5.32 Å². The lowest BCUT2D eigenvalue weighted by atomic mass is 9.98. The number of nitrogens with one attached hydrogen (secondary N) is 1. The molecular formula is C25H19N3O2. The molecule has 3 aromatic carbocycles. The zero-order chi connectivity index (χ0) is 20.5. The SMILES string of the molecule is O=C(NCC(c1ccccc1)n1ccnc1)c1cccc2c1-c1ccccc1C2=O. The molecule has 1 unspecified atom stereocenters. The first kappa shape index (κ1) is 18.1. The van der Waals surface area contributed by atoms with Crippen molar-refractivity contribution in [2.24, 2.45) is 0 Å². The molecule has 1 heterocycles. The fourth-order valence-corrected chi connectivity index (χ4v) is 4.07. The second kappa shape index (κ2) is 7.44. The van der Waals surface area contributed by atoms with Crippen molar-refractivity contribution in [1.29, 1.82) is 0 Å². The van der Waals surface area contributed by atoms with Crippen LogP contribution in [0.3, 0.4) is 0 Å². The lowest BCUT2D eigenvalue weighted by Gasteiger charge is -2.20. The maximum atomic E-state index is 13.2. The van der Waals surface area contributed by atoms with Crippen LogP contribution in [0.1, 0.15) is 37.9 Å². The van der Waals surface area contributed by atoms with E-state index in [2.05, 4.69) is 10.3 Å². The van der Waals surface area contributed by atoms with Gasteiger partial charge >= 0.3 is 0 Å². The first-order valence-corrected chi connectivity index (χ1v) is 9.82. The number of nitrogens with zero attached hydrogens (tertiary/aromatic N) is 2. The molecule has 5 rings (SSSR count). The summed E-state index contributed by atoms with van der Waals surface area (Å²) < 4.78 is 1.98. The summed E-state index contributed by atoms with van der Waals surface area (Å²) in [5.41, 5.74) is 4.36. The number of ketones is 1. The summed E-state index contributed by atoms with van der Waals surface area (Å²) in [5.74, 6) is -0.228. The average Bonchev–Trinajstić information content (AvgIpc) is 3.42. The highest BCUT2D eigenvalue weighted by molar-refractivity contribution is 6.24. The van der Waals surface area contributed by atoms with Crippen LogP contribution in [0.2, 0.25) is 0 Å². The summed E-state index contributed by atoms with van der Waals surface area (Å²) in [7, 11) is 0. The van der Waals surface area contributed by atoms with Crippen molar-refractivity contribution >= 4 is 11.7 Å². The molecule has 146 valence electrons. The van der Waals surface area contributed by atoms with Crippen molar-refractivity contribution < 1.29 is 9.59 Å². The molecule has 5 nitrogen and oxygen atoms in total. The Bertz CT molecular complexity index is 1230. The number of hydrogen-bond acceptors (Lipinski definition) is 3. The minimum Gasteiger partial charge on any atom is -0.350 e. The number of imidazole rings is 1. The maximum absolute atomic E-state index is 13.2. The molecule has 0 aliphatic heterocycles. The molecule has 30 heavy (non-hydrogen) atoms. The minimum atomic E-state index is -0.197. The lowest BCUT2D eigenvalue weighted by molar-refractivity contribution is 0.0950. The summed E-state index contributed by atoms with van der Waals surface area (Å²) in [6.07, 6.45) is 5.36.